The van der Waals surface area contributed by atoms with Gasteiger partial charge in [-0.05, 0) is 35.2 Å². The summed E-state index contributed by atoms with van der Waals surface area (Å²) in [7, 11) is -3.91. The number of carbonyl (C=O) groups excluding carboxylic acids is 1. The van der Waals surface area contributed by atoms with Gasteiger partial charge in [-0.1, -0.05) is 38.1 Å². The minimum Gasteiger partial charge on any atom is -0.324 e. The van der Waals surface area contributed by atoms with Gasteiger partial charge in [0.25, 0.3) is 0 Å². The number of carbonyl (C=O) groups is 1. The number of halogens is 2. The molecule has 2 aromatic rings. The summed E-state index contributed by atoms with van der Waals surface area (Å²) in [5.41, 5.74) is 7.86. The summed E-state index contributed by atoms with van der Waals surface area (Å²) >= 11 is 0. The molecule has 0 aliphatic carbocycles. The largest absolute Gasteiger partial charge is 0.324 e. The summed E-state index contributed by atoms with van der Waals surface area (Å²) in [6.45, 7) is 5.36. The molecule has 154 valence electrons. The Morgan fingerprint density at radius 2 is 1.68 bits per heavy atom. The smallest absolute Gasteiger partial charge is 0.240 e. The molecule has 0 saturated carbocycles. The van der Waals surface area contributed by atoms with Crippen molar-refractivity contribution in [1.82, 2.24) is 4.72 Å². The van der Waals surface area contributed by atoms with Crippen LogP contribution in [0.3, 0.4) is 0 Å². The Balaban J connectivity index is 0.00000392. The van der Waals surface area contributed by atoms with Crippen LogP contribution in [0.4, 0.5) is 10.1 Å². The summed E-state index contributed by atoms with van der Waals surface area (Å²) in [6, 6.07) is 10.3. The Morgan fingerprint density at radius 3 is 2.21 bits per heavy atom. The third-order valence-electron chi connectivity index (χ3n) is 4.08. The molecule has 0 heterocycles. The second kappa shape index (κ2) is 9.97. The zero-order valence-corrected chi connectivity index (χ0v) is 17.5. The fraction of sp³-hybridized carbons (Fsp3) is 0.316. The lowest BCUT2D eigenvalue weighted by Crippen LogP contribution is -2.32. The van der Waals surface area contributed by atoms with E-state index in [4.69, 9.17) is 5.73 Å². The minimum atomic E-state index is -3.91. The van der Waals surface area contributed by atoms with Crippen molar-refractivity contribution in [1.29, 1.82) is 0 Å². The third-order valence-corrected chi connectivity index (χ3v) is 5.50. The van der Waals surface area contributed by atoms with E-state index in [1.807, 2.05) is 24.3 Å². The maximum absolute atomic E-state index is 13.7. The molecule has 0 spiro atoms. The average Bonchev–Trinajstić information content (AvgIpc) is 2.61. The molecular weight excluding hydrogens is 405 g/mol. The average molecular weight is 430 g/mol. The number of rotatable bonds is 7. The van der Waals surface area contributed by atoms with Crippen LogP contribution in [0, 0.1) is 5.82 Å². The predicted octanol–water partition coefficient (Wildman–Crippen LogP) is 3.31. The molecule has 1 unspecified atom stereocenters. The van der Waals surface area contributed by atoms with Gasteiger partial charge in [-0.15, -0.1) is 12.4 Å². The molecule has 6 nitrogen and oxygen atoms in total. The van der Waals surface area contributed by atoms with Gasteiger partial charge in [0, 0.05) is 19.5 Å². The second-order valence-electron chi connectivity index (χ2n) is 6.60. The number of benzene rings is 2. The van der Waals surface area contributed by atoms with E-state index < -0.39 is 27.8 Å². The first kappa shape index (κ1) is 24.0. The fourth-order valence-electron chi connectivity index (χ4n) is 2.49. The number of sulfonamides is 1. The fourth-order valence-corrected chi connectivity index (χ4v) is 3.57. The Labute approximate surface area is 171 Å². The van der Waals surface area contributed by atoms with Gasteiger partial charge in [0.15, 0.2) is 0 Å². The number of hydrogen-bond donors (Lipinski definition) is 3. The third kappa shape index (κ3) is 6.27. The summed E-state index contributed by atoms with van der Waals surface area (Å²) in [6.07, 6.45) is 0. The lowest BCUT2D eigenvalue weighted by Gasteiger charge is -2.15. The number of nitrogens with two attached hydrogens (primary N) is 1. The van der Waals surface area contributed by atoms with Gasteiger partial charge in [0.1, 0.15) is 5.82 Å². The molecule has 1 atom stereocenters. The van der Waals surface area contributed by atoms with Gasteiger partial charge in [-0.25, -0.2) is 17.5 Å². The van der Waals surface area contributed by atoms with E-state index in [0.717, 1.165) is 23.8 Å². The molecule has 4 N–H and O–H groups in total. The van der Waals surface area contributed by atoms with Crippen molar-refractivity contribution < 1.29 is 17.6 Å². The van der Waals surface area contributed by atoms with Crippen LogP contribution >= 0.6 is 12.4 Å². The first-order valence-corrected chi connectivity index (χ1v) is 10.0. The maximum atomic E-state index is 13.7. The van der Waals surface area contributed by atoms with Crippen LogP contribution in [0.5, 0.6) is 0 Å². The van der Waals surface area contributed by atoms with Crippen molar-refractivity contribution in [2.24, 2.45) is 5.73 Å². The number of nitrogens with one attached hydrogen (secondary N) is 2. The van der Waals surface area contributed by atoms with Crippen molar-refractivity contribution in [3.05, 3.63) is 59.4 Å². The van der Waals surface area contributed by atoms with Crippen molar-refractivity contribution in [3.63, 3.8) is 0 Å². The summed E-state index contributed by atoms with van der Waals surface area (Å²) in [5.74, 6) is -0.820. The summed E-state index contributed by atoms with van der Waals surface area (Å²) in [5, 5.41) is 2.26. The van der Waals surface area contributed by atoms with Crippen molar-refractivity contribution in [3.8, 4) is 0 Å². The van der Waals surface area contributed by atoms with Crippen molar-refractivity contribution in [2.45, 2.75) is 37.6 Å². The van der Waals surface area contributed by atoms with Gasteiger partial charge in [0.2, 0.25) is 15.9 Å². The van der Waals surface area contributed by atoms with E-state index in [1.54, 1.807) is 0 Å². The topological polar surface area (TPSA) is 101 Å². The first-order chi connectivity index (χ1) is 12.6. The monoisotopic (exact) mass is 429 g/mol. The van der Waals surface area contributed by atoms with Gasteiger partial charge in [-0.3, -0.25) is 4.79 Å². The van der Waals surface area contributed by atoms with E-state index in [9.17, 15) is 17.6 Å². The molecule has 0 fully saturated rings. The molecular formula is C19H25ClFN3O3S. The Morgan fingerprint density at radius 1 is 1.11 bits per heavy atom. The van der Waals surface area contributed by atoms with Gasteiger partial charge in [0.05, 0.1) is 10.6 Å². The highest BCUT2D eigenvalue weighted by molar-refractivity contribution is 7.89. The lowest BCUT2D eigenvalue weighted by molar-refractivity contribution is -0.114. The van der Waals surface area contributed by atoms with E-state index >= 15 is 0 Å². The molecule has 0 bridgehead atoms. The highest BCUT2D eigenvalue weighted by atomic mass is 35.5. The van der Waals surface area contributed by atoms with Crippen molar-refractivity contribution in [2.75, 3.05) is 11.9 Å². The van der Waals surface area contributed by atoms with Crippen LogP contribution in [0.25, 0.3) is 0 Å². The van der Waals surface area contributed by atoms with Crippen LogP contribution in [0.15, 0.2) is 47.4 Å². The Hall–Kier alpha value is -2.00. The van der Waals surface area contributed by atoms with Gasteiger partial charge >= 0.3 is 0 Å². The zero-order valence-electron chi connectivity index (χ0n) is 15.9. The molecule has 0 aliphatic heterocycles. The quantitative estimate of drug-likeness (QED) is 0.628. The van der Waals surface area contributed by atoms with Gasteiger partial charge < -0.3 is 11.1 Å². The van der Waals surface area contributed by atoms with Crippen LogP contribution in [0.1, 0.15) is 43.9 Å². The van der Waals surface area contributed by atoms with Gasteiger partial charge in [-0.2, -0.15) is 0 Å². The van der Waals surface area contributed by atoms with E-state index in [1.165, 1.54) is 12.5 Å². The number of amides is 1. The van der Waals surface area contributed by atoms with Crippen molar-refractivity contribution >= 4 is 34.0 Å². The molecule has 9 heteroatoms. The molecule has 0 aromatic heterocycles. The molecule has 28 heavy (non-hydrogen) atoms. The molecule has 2 aromatic carbocycles. The normalized spacial score (nSPS) is 12.4. The van der Waals surface area contributed by atoms with Crippen LogP contribution < -0.4 is 15.8 Å². The number of anilines is 1. The zero-order chi connectivity index (χ0) is 20.2. The first-order valence-electron chi connectivity index (χ1n) is 8.52. The number of hydrogen-bond acceptors (Lipinski definition) is 4. The summed E-state index contributed by atoms with van der Waals surface area (Å²) < 4.78 is 41.0. The van der Waals surface area contributed by atoms with E-state index in [2.05, 4.69) is 23.9 Å². The Bertz CT molecular complexity index is 919. The molecule has 1 amide bonds. The van der Waals surface area contributed by atoms with Crippen LogP contribution in [-0.4, -0.2) is 20.9 Å². The molecule has 0 radical (unpaired) electrons. The molecule has 2 rings (SSSR count). The van der Waals surface area contributed by atoms with E-state index in [-0.39, 0.29) is 29.5 Å². The SMILES string of the molecule is CC(=O)Nc1cc(S(=O)(=O)NCC(N)c2ccc(C(C)C)cc2)ccc1F.Cl. The molecule has 0 saturated heterocycles. The highest BCUT2D eigenvalue weighted by Crippen LogP contribution is 2.21. The van der Waals surface area contributed by atoms with Crippen LogP contribution in [-0.2, 0) is 14.8 Å². The Kier molecular flexibility index (Phi) is 8.56. The minimum absolute atomic E-state index is 0. The second-order valence-corrected chi connectivity index (χ2v) is 8.37. The summed E-state index contributed by atoms with van der Waals surface area (Å²) in [4.78, 5) is 10.9. The lowest BCUT2D eigenvalue weighted by atomic mass is 9.99. The standard InChI is InChI=1S/C19H24FN3O3S.ClH/c1-12(2)14-4-6-15(7-5-14)18(21)11-22-27(25,26)16-8-9-17(20)19(10-16)23-13(3)24;/h4-10,12,18,22H,11,21H2,1-3H3,(H,23,24);1H. The maximum Gasteiger partial charge on any atom is 0.240 e. The predicted molar refractivity (Wildman–Crippen MR) is 111 cm³/mol. The van der Waals surface area contributed by atoms with E-state index in [0.29, 0.717) is 5.92 Å². The highest BCUT2D eigenvalue weighted by Gasteiger charge is 2.18. The molecule has 0 aliphatic rings. The van der Waals surface area contributed by atoms with Crippen LogP contribution in [0.2, 0.25) is 0 Å².